The molecule has 0 saturated carbocycles. The third kappa shape index (κ3) is 132. The van der Waals surface area contributed by atoms with E-state index in [-0.39, 0.29) is 53.0 Å². The molecule has 48 valence electrons. The second kappa shape index (κ2) is 8.57. The van der Waals surface area contributed by atoms with E-state index in [0.717, 1.165) is 0 Å². The van der Waals surface area contributed by atoms with Crippen molar-refractivity contribution in [2.45, 2.75) is 0 Å². The summed E-state index contributed by atoms with van der Waals surface area (Å²) in [6, 6.07) is 0. The Hall–Kier alpha value is 1.57. The fraction of sp³-hybridized carbons (Fsp3) is 0. The third-order valence-electron chi connectivity index (χ3n) is 0. The van der Waals surface area contributed by atoms with E-state index in [1.807, 2.05) is 0 Å². The van der Waals surface area contributed by atoms with E-state index in [9.17, 15) is 0 Å². The molecule has 0 rings (SSSR count). The zero-order valence-electron chi connectivity index (χ0n) is 5.01. The maximum atomic E-state index is 8.88. The normalized spacial score (nSPS) is 7.38. The predicted octanol–water partition coefficient (Wildman–Crippen LogP) is -3.66. The topological polar surface area (TPSA) is 77.8 Å². The van der Waals surface area contributed by atoms with Crippen LogP contribution >= 0.6 is 7.82 Å². The zero-order chi connectivity index (χ0) is 4.50. The number of halogens is 1. The Balaban J connectivity index is -0.0000000133. The van der Waals surface area contributed by atoms with Crippen molar-refractivity contribution in [3.63, 3.8) is 0 Å². The molecule has 0 amide bonds. The number of hydrogen-bond acceptors (Lipinski definition) is 1. The molecule has 0 aliphatic carbocycles. The molecule has 0 aromatic carbocycles. The molecule has 8 heavy (non-hydrogen) atoms. The van der Waals surface area contributed by atoms with Crippen molar-refractivity contribution in [2.24, 2.45) is 0 Å². The Morgan fingerprint density at radius 1 is 1.25 bits per heavy atom. The van der Waals surface area contributed by atoms with Crippen molar-refractivity contribution in [3.05, 3.63) is 0 Å². The monoisotopic (exact) mass is 194 g/mol. The molecule has 0 aromatic rings. The minimum Gasteiger partial charge on any atom is -1.00 e. The Morgan fingerprint density at radius 2 is 1.25 bits per heavy atom. The smallest absolute Gasteiger partial charge is 1.00 e. The molecule has 0 fully saturated rings. The van der Waals surface area contributed by atoms with Gasteiger partial charge in [-0.05, 0) is 0 Å². The first-order valence-corrected chi connectivity index (χ1v) is 2.35. The molecule has 3 N–H and O–H groups in total. The van der Waals surface area contributed by atoms with Crippen molar-refractivity contribution in [2.75, 3.05) is 0 Å². The molecule has 8 heteroatoms. The maximum Gasteiger partial charge on any atom is 1.00 e. The van der Waals surface area contributed by atoms with Crippen LogP contribution in [0.2, 0.25) is 0 Å². The summed E-state index contributed by atoms with van der Waals surface area (Å²) in [4.78, 5) is 21.6. The first-order valence-electron chi connectivity index (χ1n) is 0.783. The molecular weight excluding hydrogens is 189 g/mol. The molecule has 0 atom stereocenters. The summed E-state index contributed by atoms with van der Waals surface area (Å²) in [5, 5.41) is 0. The molecule has 0 aliphatic rings. The molecule has 0 radical (unpaired) electrons. The fourth-order valence-corrected chi connectivity index (χ4v) is 0. The Labute approximate surface area is 79.8 Å². The summed E-state index contributed by atoms with van der Waals surface area (Å²) in [6.45, 7) is 0. The van der Waals surface area contributed by atoms with E-state index in [4.69, 9.17) is 19.2 Å². The average Bonchev–Trinajstić information content (AvgIpc) is 0.722. The zero-order valence-corrected chi connectivity index (χ0v) is 8.18. The Bertz CT molecular complexity index is 66.7. The SMILES string of the molecule is F.O=P(O)(O)O.[Cr].[H-].[Na+]. The van der Waals surface area contributed by atoms with E-state index < -0.39 is 7.82 Å². The van der Waals surface area contributed by atoms with Crippen molar-refractivity contribution in [3.8, 4) is 0 Å². The van der Waals surface area contributed by atoms with Gasteiger partial charge in [-0.3, -0.25) is 4.70 Å². The first kappa shape index (κ1) is 22.7. The second-order valence-corrected chi connectivity index (χ2v) is 1.54. The molecule has 0 saturated heterocycles. The average molecular weight is 194 g/mol. The van der Waals surface area contributed by atoms with Crippen molar-refractivity contribution >= 4 is 7.82 Å². The van der Waals surface area contributed by atoms with Gasteiger partial charge in [-0.25, -0.2) is 4.57 Å². The van der Waals surface area contributed by atoms with Crippen LogP contribution in [0.3, 0.4) is 0 Å². The molecule has 0 spiro atoms. The van der Waals surface area contributed by atoms with Crippen molar-refractivity contribution in [1.29, 1.82) is 0 Å². The van der Waals surface area contributed by atoms with Crippen LogP contribution in [0.5, 0.6) is 0 Å². The van der Waals surface area contributed by atoms with Crippen LogP contribution in [0.25, 0.3) is 0 Å². The van der Waals surface area contributed by atoms with Crippen LogP contribution in [0.4, 0.5) is 4.70 Å². The number of phosphoric acid groups is 1. The number of hydrogen-bond donors (Lipinski definition) is 3. The van der Waals surface area contributed by atoms with Crippen LogP contribution in [0, 0.1) is 0 Å². The van der Waals surface area contributed by atoms with Gasteiger partial charge in [-0.1, -0.05) is 0 Å². The summed E-state index contributed by atoms with van der Waals surface area (Å²) in [6.07, 6.45) is 0. The molecular formula is H5CrFNaO4P. The van der Waals surface area contributed by atoms with Gasteiger partial charge in [0.05, 0.1) is 0 Å². The fourth-order valence-electron chi connectivity index (χ4n) is 0. The van der Waals surface area contributed by atoms with E-state index in [1.54, 1.807) is 0 Å². The van der Waals surface area contributed by atoms with Crippen LogP contribution < -0.4 is 29.6 Å². The Kier molecular flexibility index (Phi) is 24.3. The van der Waals surface area contributed by atoms with Crippen molar-refractivity contribution in [1.82, 2.24) is 0 Å². The Morgan fingerprint density at radius 3 is 1.25 bits per heavy atom. The quantitative estimate of drug-likeness (QED) is 0.274. The first-order chi connectivity index (χ1) is 2.00. The van der Waals surface area contributed by atoms with Gasteiger partial charge >= 0.3 is 37.4 Å². The third-order valence-corrected chi connectivity index (χ3v) is 0. The van der Waals surface area contributed by atoms with Crippen LogP contribution in [0.1, 0.15) is 1.43 Å². The second-order valence-electron chi connectivity index (χ2n) is 0.513. The van der Waals surface area contributed by atoms with Crippen molar-refractivity contribution < 1.29 is 72.3 Å². The van der Waals surface area contributed by atoms with E-state index in [1.165, 1.54) is 0 Å². The van der Waals surface area contributed by atoms with Gasteiger partial charge < -0.3 is 16.1 Å². The van der Waals surface area contributed by atoms with E-state index >= 15 is 0 Å². The standard InChI is InChI=1S/Cr.FH.Na.H3O4P.H/c;;;1-5(2,3)4;/h;1H;;(H3,1,2,3,4);/q;;+1;;-1. The molecule has 0 heterocycles. The largest absolute Gasteiger partial charge is 1.00 e. The molecule has 0 unspecified atom stereocenters. The summed E-state index contributed by atoms with van der Waals surface area (Å²) >= 11 is 0. The summed E-state index contributed by atoms with van der Waals surface area (Å²) in [5.41, 5.74) is 0. The van der Waals surface area contributed by atoms with Gasteiger partial charge in [-0.15, -0.1) is 0 Å². The van der Waals surface area contributed by atoms with E-state index in [0.29, 0.717) is 0 Å². The number of rotatable bonds is 0. The van der Waals surface area contributed by atoms with Crippen LogP contribution in [-0.4, -0.2) is 14.7 Å². The van der Waals surface area contributed by atoms with Gasteiger partial charge in [0.25, 0.3) is 0 Å². The summed E-state index contributed by atoms with van der Waals surface area (Å²) in [7, 11) is -4.64. The minimum absolute atomic E-state index is 0. The summed E-state index contributed by atoms with van der Waals surface area (Å²) < 4.78 is 8.88. The van der Waals surface area contributed by atoms with Crippen LogP contribution in [0.15, 0.2) is 0 Å². The van der Waals surface area contributed by atoms with Crippen LogP contribution in [-0.2, 0) is 21.9 Å². The van der Waals surface area contributed by atoms with Gasteiger partial charge in [0.1, 0.15) is 0 Å². The van der Waals surface area contributed by atoms with Gasteiger partial charge in [-0.2, -0.15) is 0 Å². The predicted molar refractivity (Wildman–Crippen MR) is 17.9 cm³/mol. The maximum absolute atomic E-state index is 8.88. The molecule has 0 bridgehead atoms. The minimum atomic E-state index is -4.64. The van der Waals surface area contributed by atoms with Gasteiger partial charge in [0.2, 0.25) is 0 Å². The molecule has 0 aromatic heterocycles. The van der Waals surface area contributed by atoms with Gasteiger partial charge in [0.15, 0.2) is 0 Å². The van der Waals surface area contributed by atoms with Gasteiger partial charge in [0, 0.05) is 17.4 Å². The molecule has 0 aliphatic heterocycles. The molecule has 4 nitrogen and oxygen atoms in total. The summed E-state index contributed by atoms with van der Waals surface area (Å²) in [5.74, 6) is 0. The van der Waals surface area contributed by atoms with E-state index in [2.05, 4.69) is 0 Å².